The summed E-state index contributed by atoms with van der Waals surface area (Å²) >= 11 is 0. The first kappa shape index (κ1) is 24.7. The lowest BCUT2D eigenvalue weighted by molar-refractivity contribution is -0.142. The third-order valence-electron chi connectivity index (χ3n) is 8.85. The van der Waals surface area contributed by atoms with Crippen molar-refractivity contribution in [2.75, 3.05) is 20.2 Å². The second-order valence-corrected chi connectivity index (χ2v) is 10.9. The molecule has 1 aliphatic heterocycles. The number of piperidine rings is 1. The summed E-state index contributed by atoms with van der Waals surface area (Å²) in [6.07, 6.45) is 6.19. The van der Waals surface area contributed by atoms with Gasteiger partial charge < -0.3 is 23.6 Å². The van der Waals surface area contributed by atoms with E-state index in [4.69, 9.17) is 13.6 Å². The number of hydrogen-bond donors (Lipinski definition) is 1. The normalized spacial score (nSPS) is 21.6. The van der Waals surface area contributed by atoms with Crippen LogP contribution in [0.5, 0.6) is 5.75 Å². The minimum absolute atomic E-state index is 0.0108. The number of hydrogen-bond acceptors (Lipinski definition) is 6. The summed E-state index contributed by atoms with van der Waals surface area (Å²) in [6, 6.07) is 9.78. The number of amides is 1. The molecule has 1 saturated heterocycles. The van der Waals surface area contributed by atoms with Gasteiger partial charge in [0.15, 0.2) is 0 Å². The van der Waals surface area contributed by atoms with E-state index in [1.54, 1.807) is 13.4 Å². The number of methoxy groups -OCH3 is 1. The third-order valence-corrected chi connectivity index (χ3v) is 8.85. The average molecular weight is 516 g/mol. The average Bonchev–Trinajstić information content (AvgIpc) is 3.35. The van der Waals surface area contributed by atoms with Gasteiger partial charge in [0, 0.05) is 40.9 Å². The Balaban J connectivity index is 1.36. The predicted octanol–water partition coefficient (Wildman–Crippen LogP) is 5.53. The topological polar surface area (TPSA) is 93.1 Å². The quantitative estimate of drug-likeness (QED) is 0.360. The molecule has 2 atom stereocenters. The fourth-order valence-electron chi connectivity index (χ4n) is 6.46. The molecule has 7 heteroatoms. The number of aryl methyl sites for hydroxylation is 2. The zero-order chi connectivity index (χ0) is 26.6. The number of nitrogens with zero attached hydrogens (tertiary/aromatic N) is 1. The Kier molecular flexibility index (Phi) is 6.06. The first-order valence-electron chi connectivity index (χ1n) is 13.4. The maximum Gasteiger partial charge on any atom is 0.340 e. The summed E-state index contributed by atoms with van der Waals surface area (Å²) < 4.78 is 17.0. The second-order valence-electron chi connectivity index (χ2n) is 10.9. The Labute approximate surface area is 221 Å². The zero-order valence-electron chi connectivity index (χ0n) is 22.1. The summed E-state index contributed by atoms with van der Waals surface area (Å²) in [7, 11) is 1.64. The minimum atomic E-state index is -0.651. The molecule has 2 aromatic carbocycles. The van der Waals surface area contributed by atoms with Crippen LogP contribution in [0.4, 0.5) is 0 Å². The van der Waals surface area contributed by atoms with Gasteiger partial charge in [0.2, 0.25) is 5.91 Å². The second kappa shape index (κ2) is 9.31. The first-order chi connectivity index (χ1) is 18.3. The standard InChI is InChI=1S/C31H33NO6/c1-18-23-14-25-26(20-7-9-22(36-3)10-8-20)17-37-28(25)19(2)29(23)38-30(34)24(18)15-27(33)32-13-12-31(35)11-5-4-6-21(31)16-32/h7-10,14,17,21,35H,4-6,11-13,15-16H2,1-3H3/t21-,31+/m0/s1. The number of carbonyl (C=O) groups is 1. The molecular weight excluding hydrogens is 482 g/mol. The molecule has 7 nitrogen and oxygen atoms in total. The van der Waals surface area contributed by atoms with Crippen molar-refractivity contribution in [2.45, 2.75) is 58.0 Å². The summed E-state index contributed by atoms with van der Waals surface area (Å²) in [5.74, 6) is 0.792. The third kappa shape index (κ3) is 4.00. The summed E-state index contributed by atoms with van der Waals surface area (Å²) in [4.78, 5) is 28.3. The van der Waals surface area contributed by atoms with Crippen molar-refractivity contribution in [3.8, 4) is 16.9 Å². The Morgan fingerprint density at radius 3 is 2.66 bits per heavy atom. The van der Waals surface area contributed by atoms with Crippen LogP contribution in [0, 0.1) is 19.8 Å². The summed E-state index contributed by atoms with van der Waals surface area (Å²) in [5.41, 5.74) is 3.83. The van der Waals surface area contributed by atoms with Gasteiger partial charge in [-0.25, -0.2) is 4.79 Å². The molecule has 4 aromatic rings. The van der Waals surface area contributed by atoms with Gasteiger partial charge in [-0.2, -0.15) is 0 Å². The van der Waals surface area contributed by atoms with Gasteiger partial charge in [-0.05, 0) is 62.4 Å². The number of ether oxygens (including phenoxy) is 1. The van der Waals surface area contributed by atoms with E-state index in [9.17, 15) is 14.7 Å². The number of benzene rings is 2. The van der Waals surface area contributed by atoms with E-state index in [0.717, 1.165) is 64.5 Å². The van der Waals surface area contributed by atoms with Crippen LogP contribution in [0.15, 0.2) is 50.2 Å². The fraction of sp³-hybridized carbons (Fsp3) is 0.419. The van der Waals surface area contributed by atoms with Gasteiger partial charge in [-0.1, -0.05) is 25.0 Å². The maximum atomic E-state index is 13.4. The van der Waals surface area contributed by atoms with Gasteiger partial charge in [0.1, 0.15) is 16.9 Å². The Morgan fingerprint density at radius 1 is 1.11 bits per heavy atom. The van der Waals surface area contributed by atoms with Crippen molar-refractivity contribution >= 4 is 27.8 Å². The van der Waals surface area contributed by atoms with Crippen LogP contribution < -0.4 is 10.4 Å². The van der Waals surface area contributed by atoms with Crippen molar-refractivity contribution in [3.05, 3.63) is 63.7 Å². The number of carbonyl (C=O) groups excluding carboxylic acids is 1. The van der Waals surface area contributed by atoms with Crippen molar-refractivity contribution in [3.63, 3.8) is 0 Å². The molecule has 2 fully saturated rings. The van der Waals surface area contributed by atoms with Crippen LogP contribution in [0.1, 0.15) is 48.8 Å². The molecule has 1 aliphatic carbocycles. The fourth-order valence-corrected chi connectivity index (χ4v) is 6.46. The van der Waals surface area contributed by atoms with Crippen LogP contribution in [-0.2, 0) is 11.2 Å². The lowest BCUT2D eigenvalue weighted by Gasteiger charge is -2.47. The summed E-state index contributed by atoms with van der Waals surface area (Å²) in [6.45, 7) is 4.84. The highest BCUT2D eigenvalue weighted by molar-refractivity contribution is 6.05. The van der Waals surface area contributed by atoms with Gasteiger partial charge >= 0.3 is 5.63 Å². The molecule has 6 rings (SSSR count). The van der Waals surface area contributed by atoms with Gasteiger partial charge in [0.05, 0.1) is 31.0 Å². The van der Waals surface area contributed by atoms with Crippen LogP contribution in [0.25, 0.3) is 33.1 Å². The molecular formula is C31H33NO6. The Morgan fingerprint density at radius 2 is 1.89 bits per heavy atom. The zero-order valence-corrected chi connectivity index (χ0v) is 22.1. The van der Waals surface area contributed by atoms with Crippen molar-refractivity contribution in [1.82, 2.24) is 4.90 Å². The molecule has 0 bridgehead atoms. The summed E-state index contributed by atoms with van der Waals surface area (Å²) in [5, 5.41) is 12.7. The molecule has 1 saturated carbocycles. The Hall–Kier alpha value is -3.58. The van der Waals surface area contributed by atoms with E-state index in [1.165, 1.54) is 0 Å². The number of fused-ring (bicyclic) bond motifs is 3. The SMILES string of the molecule is COc1ccc(-c2coc3c(C)c4oc(=O)c(CC(=O)N5CC[C@]6(O)CCCC[C@H]6C5)c(C)c4cc23)cc1. The molecule has 38 heavy (non-hydrogen) atoms. The van der Waals surface area contributed by atoms with E-state index >= 15 is 0 Å². The highest BCUT2D eigenvalue weighted by Crippen LogP contribution is 2.40. The molecule has 0 unspecified atom stereocenters. The molecule has 198 valence electrons. The number of aliphatic hydroxyl groups is 1. The van der Waals surface area contributed by atoms with E-state index in [0.29, 0.717) is 36.2 Å². The Bertz CT molecular complexity index is 1600. The van der Waals surface area contributed by atoms with Crippen molar-refractivity contribution in [1.29, 1.82) is 0 Å². The van der Waals surface area contributed by atoms with E-state index in [1.807, 2.05) is 49.1 Å². The highest BCUT2D eigenvalue weighted by atomic mass is 16.5. The molecule has 1 amide bonds. The number of likely N-dealkylation sites (tertiary alicyclic amines) is 1. The number of furan rings is 1. The van der Waals surface area contributed by atoms with E-state index in [-0.39, 0.29) is 18.2 Å². The van der Waals surface area contributed by atoms with E-state index < -0.39 is 11.2 Å². The van der Waals surface area contributed by atoms with Gasteiger partial charge in [-0.15, -0.1) is 0 Å². The maximum absolute atomic E-state index is 13.4. The lowest BCUT2D eigenvalue weighted by Crippen LogP contribution is -2.55. The molecule has 3 heterocycles. The molecule has 2 aromatic heterocycles. The van der Waals surface area contributed by atoms with Gasteiger partial charge in [-0.3, -0.25) is 4.79 Å². The first-order valence-corrected chi connectivity index (χ1v) is 13.4. The van der Waals surface area contributed by atoms with E-state index in [2.05, 4.69) is 0 Å². The van der Waals surface area contributed by atoms with Crippen LogP contribution in [0.3, 0.4) is 0 Å². The largest absolute Gasteiger partial charge is 0.497 e. The van der Waals surface area contributed by atoms with Crippen molar-refractivity contribution in [2.24, 2.45) is 5.92 Å². The number of rotatable bonds is 4. The van der Waals surface area contributed by atoms with Crippen molar-refractivity contribution < 1.29 is 23.5 Å². The molecule has 1 N–H and O–H groups in total. The molecule has 2 aliphatic rings. The van der Waals surface area contributed by atoms with Crippen LogP contribution in [-0.4, -0.2) is 41.7 Å². The smallest absolute Gasteiger partial charge is 0.340 e. The monoisotopic (exact) mass is 515 g/mol. The highest BCUT2D eigenvalue weighted by Gasteiger charge is 2.43. The lowest BCUT2D eigenvalue weighted by atomic mass is 9.71. The van der Waals surface area contributed by atoms with Crippen LogP contribution >= 0.6 is 0 Å². The predicted molar refractivity (Wildman–Crippen MR) is 146 cm³/mol. The molecule has 0 spiro atoms. The minimum Gasteiger partial charge on any atom is -0.497 e. The molecule has 0 radical (unpaired) electrons. The van der Waals surface area contributed by atoms with Gasteiger partial charge in [0.25, 0.3) is 0 Å². The van der Waals surface area contributed by atoms with Crippen LogP contribution in [0.2, 0.25) is 0 Å².